The Labute approximate surface area is 164 Å². The van der Waals surface area contributed by atoms with Crippen molar-refractivity contribution in [3.8, 4) is 5.75 Å². The SMILES string of the molecule is CC[C@H](C)N(C(=O)COc1ccc(Cl)c2cccnc12)[C@@H]1CCS(=O)(=O)C1. The molecule has 3 rings (SSSR count). The molecule has 0 bridgehead atoms. The fourth-order valence-corrected chi connectivity index (χ4v) is 5.37. The first-order chi connectivity index (χ1) is 12.8. The van der Waals surface area contributed by atoms with Crippen LogP contribution in [0.3, 0.4) is 0 Å². The lowest BCUT2D eigenvalue weighted by Crippen LogP contribution is -2.48. The van der Waals surface area contributed by atoms with Gasteiger partial charge in [-0.1, -0.05) is 18.5 Å². The predicted octanol–water partition coefficient (Wildman–Crippen LogP) is 3.08. The van der Waals surface area contributed by atoms with Crippen molar-refractivity contribution in [2.45, 2.75) is 38.8 Å². The molecule has 27 heavy (non-hydrogen) atoms. The largest absolute Gasteiger partial charge is 0.481 e. The third-order valence-corrected chi connectivity index (χ3v) is 7.07. The van der Waals surface area contributed by atoms with Crippen molar-refractivity contribution in [1.82, 2.24) is 9.88 Å². The van der Waals surface area contributed by atoms with Gasteiger partial charge in [-0.25, -0.2) is 8.42 Å². The lowest BCUT2D eigenvalue weighted by atomic mass is 10.1. The van der Waals surface area contributed by atoms with Gasteiger partial charge >= 0.3 is 0 Å². The lowest BCUT2D eigenvalue weighted by Gasteiger charge is -2.33. The molecule has 8 heteroatoms. The van der Waals surface area contributed by atoms with Crippen LogP contribution in [0.4, 0.5) is 0 Å². The molecule has 2 heterocycles. The number of rotatable bonds is 6. The van der Waals surface area contributed by atoms with Crippen LogP contribution in [0.2, 0.25) is 5.02 Å². The number of aromatic nitrogens is 1. The van der Waals surface area contributed by atoms with E-state index in [-0.39, 0.29) is 36.1 Å². The minimum Gasteiger partial charge on any atom is -0.481 e. The molecule has 6 nitrogen and oxygen atoms in total. The second-order valence-electron chi connectivity index (χ2n) is 6.85. The molecule has 1 aliphatic heterocycles. The number of benzene rings is 1. The number of fused-ring (bicyclic) bond motifs is 1. The summed E-state index contributed by atoms with van der Waals surface area (Å²) in [5.41, 5.74) is 0.594. The Morgan fingerprint density at radius 3 is 2.85 bits per heavy atom. The Morgan fingerprint density at radius 1 is 1.41 bits per heavy atom. The van der Waals surface area contributed by atoms with Crippen molar-refractivity contribution in [2.75, 3.05) is 18.1 Å². The van der Waals surface area contributed by atoms with Gasteiger partial charge in [-0.3, -0.25) is 9.78 Å². The number of pyridine rings is 1. The number of ether oxygens (including phenoxy) is 1. The topological polar surface area (TPSA) is 76.6 Å². The average Bonchev–Trinajstić information content (AvgIpc) is 3.00. The molecule has 0 unspecified atom stereocenters. The van der Waals surface area contributed by atoms with Crippen molar-refractivity contribution >= 4 is 38.2 Å². The van der Waals surface area contributed by atoms with Crippen molar-refractivity contribution in [1.29, 1.82) is 0 Å². The van der Waals surface area contributed by atoms with E-state index in [9.17, 15) is 13.2 Å². The zero-order valence-corrected chi connectivity index (χ0v) is 17.0. The number of halogens is 1. The van der Waals surface area contributed by atoms with Gasteiger partial charge in [-0.2, -0.15) is 0 Å². The van der Waals surface area contributed by atoms with Crippen LogP contribution in [0.5, 0.6) is 5.75 Å². The van der Waals surface area contributed by atoms with Crippen LogP contribution >= 0.6 is 11.6 Å². The van der Waals surface area contributed by atoms with E-state index in [4.69, 9.17) is 16.3 Å². The summed E-state index contributed by atoms with van der Waals surface area (Å²) in [6.45, 7) is 3.74. The van der Waals surface area contributed by atoms with Crippen molar-refractivity contribution in [2.24, 2.45) is 0 Å². The summed E-state index contributed by atoms with van der Waals surface area (Å²) in [6.07, 6.45) is 2.86. The quantitative estimate of drug-likeness (QED) is 0.731. The van der Waals surface area contributed by atoms with Gasteiger partial charge in [0.25, 0.3) is 5.91 Å². The Hall–Kier alpha value is -1.86. The van der Waals surface area contributed by atoms with Gasteiger partial charge in [0.1, 0.15) is 11.3 Å². The first kappa shape index (κ1) is 19.9. The van der Waals surface area contributed by atoms with Crippen LogP contribution in [0.15, 0.2) is 30.5 Å². The Kier molecular flexibility index (Phi) is 5.91. The Balaban J connectivity index is 1.78. The number of hydrogen-bond donors (Lipinski definition) is 0. The third kappa shape index (κ3) is 4.35. The van der Waals surface area contributed by atoms with E-state index in [2.05, 4.69) is 4.98 Å². The van der Waals surface area contributed by atoms with Gasteiger partial charge in [0.05, 0.1) is 16.5 Å². The van der Waals surface area contributed by atoms with Gasteiger partial charge in [-0.15, -0.1) is 0 Å². The summed E-state index contributed by atoms with van der Waals surface area (Å²) < 4.78 is 29.5. The van der Waals surface area contributed by atoms with Crippen LogP contribution in [-0.4, -0.2) is 54.4 Å². The zero-order valence-electron chi connectivity index (χ0n) is 15.4. The highest BCUT2D eigenvalue weighted by molar-refractivity contribution is 7.91. The molecule has 1 amide bonds. The molecule has 0 radical (unpaired) electrons. The highest BCUT2D eigenvalue weighted by Gasteiger charge is 2.36. The Bertz CT molecular complexity index is 948. The standard InChI is InChI=1S/C19H23ClN2O4S/c1-3-13(2)22(14-8-10-27(24,25)12-14)18(23)11-26-17-7-6-16(20)15-5-4-9-21-19(15)17/h4-7,9,13-14H,3,8,10-12H2,1-2H3/t13-,14+/m0/s1. The lowest BCUT2D eigenvalue weighted by molar-refractivity contribution is -0.137. The summed E-state index contributed by atoms with van der Waals surface area (Å²) in [6, 6.07) is 6.68. The van der Waals surface area contributed by atoms with Gasteiger partial charge in [0.15, 0.2) is 16.4 Å². The maximum atomic E-state index is 12.9. The summed E-state index contributed by atoms with van der Waals surface area (Å²) in [5, 5.41) is 1.32. The van der Waals surface area contributed by atoms with Gasteiger partial charge in [0.2, 0.25) is 0 Å². The second kappa shape index (κ2) is 8.02. The van der Waals surface area contributed by atoms with Crippen LogP contribution in [0.25, 0.3) is 10.9 Å². The maximum absolute atomic E-state index is 12.9. The summed E-state index contributed by atoms with van der Waals surface area (Å²) in [4.78, 5) is 18.9. The molecule has 0 aliphatic carbocycles. The molecule has 1 fully saturated rings. The van der Waals surface area contributed by atoms with Crippen molar-refractivity contribution in [3.63, 3.8) is 0 Å². The van der Waals surface area contributed by atoms with E-state index >= 15 is 0 Å². The number of nitrogens with zero attached hydrogens (tertiary/aromatic N) is 2. The highest BCUT2D eigenvalue weighted by atomic mass is 35.5. The van der Waals surface area contributed by atoms with Crippen LogP contribution in [-0.2, 0) is 14.6 Å². The monoisotopic (exact) mass is 410 g/mol. The van der Waals surface area contributed by atoms with E-state index in [1.807, 2.05) is 19.9 Å². The first-order valence-electron chi connectivity index (χ1n) is 9.00. The molecule has 1 aromatic carbocycles. The molecule has 1 saturated heterocycles. The van der Waals surface area contributed by atoms with Gasteiger partial charge in [-0.05, 0) is 44.0 Å². The van der Waals surface area contributed by atoms with E-state index in [1.54, 1.807) is 29.3 Å². The molecule has 1 aliphatic rings. The van der Waals surface area contributed by atoms with Gasteiger partial charge in [0, 0.05) is 23.7 Å². The van der Waals surface area contributed by atoms with Crippen molar-refractivity contribution < 1.29 is 17.9 Å². The molecule has 0 spiro atoms. The summed E-state index contributed by atoms with van der Waals surface area (Å²) >= 11 is 6.19. The van der Waals surface area contributed by atoms with Crippen LogP contribution < -0.4 is 4.74 Å². The molecule has 146 valence electrons. The smallest absolute Gasteiger partial charge is 0.261 e. The number of hydrogen-bond acceptors (Lipinski definition) is 5. The number of amides is 1. The zero-order chi connectivity index (χ0) is 19.6. The molecule has 2 atom stereocenters. The molecule has 0 saturated carbocycles. The minimum atomic E-state index is -3.08. The molecule has 1 aromatic heterocycles. The molecule has 2 aromatic rings. The van der Waals surface area contributed by atoms with Crippen LogP contribution in [0.1, 0.15) is 26.7 Å². The van der Waals surface area contributed by atoms with E-state index in [0.29, 0.717) is 22.7 Å². The molecule has 0 N–H and O–H groups in total. The maximum Gasteiger partial charge on any atom is 0.261 e. The average molecular weight is 411 g/mol. The summed E-state index contributed by atoms with van der Waals surface area (Å²) in [5.74, 6) is 0.413. The van der Waals surface area contributed by atoms with E-state index in [1.165, 1.54) is 0 Å². The van der Waals surface area contributed by atoms with E-state index < -0.39 is 9.84 Å². The third-order valence-electron chi connectivity index (χ3n) is 4.99. The number of carbonyl (C=O) groups excluding carboxylic acids is 1. The van der Waals surface area contributed by atoms with Gasteiger partial charge < -0.3 is 9.64 Å². The number of carbonyl (C=O) groups is 1. The van der Waals surface area contributed by atoms with E-state index in [0.717, 1.165) is 11.8 Å². The predicted molar refractivity (Wildman–Crippen MR) is 106 cm³/mol. The second-order valence-corrected chi connectivity index (χ2v) is 9.48. The Morgan fingerprint density at radius 2 is 2.19 bits per heavy atom. The fourth-order valence-electron chi connectivity index (χ4n) is 3.44. The van der Waals surface area contributed by atoms with Crippen LogP contribution in [0, 0.1) is 0 Å². The minimum absolute atomic E-state index is 0.0223. The molecular formula is C19H23ClN2O4S. The van der Waals surface area contributed by atoms with Crippen molar-refractivity contribution in [3.05, 3.63) is 35.5 Å². The first-order valence-corrected chi connectivity index (χ1v) is 11.2. The fraction of sp³-hybridized carbons (Fsp3) is 0.474. The summed E-state index contributed by atoms with van der Waals surface area (Å²) in [7, 11) is -3.08. The highest BCUT2D eigenvalue weighted by Crippen LogP contribution is 2.30. The number of sulfone groups is 1. The molecular weight excluding hydrogens is 388 g/mol. The normalized spacial score (nSPS) is 19.7.